The summed E-state index contributed by atoms with van der Waals surface area (Å²) in [4.78, 5) is 37.9. The summed E-state index contributed by atoms with van der Waals surface area (Å²) in [5, 5.41) is 9.07. The van der Waals surface area contributed by atoms with Gasteiger partial charge in [0, 0.05) is 18.9 Å². The number of anilines is 2. The molecule has 1 fully saturated rings. The zero-order chi connectivity index (χ0) is 17.8. The Balaban J connectivity index is 0.00000243. The van der Waals surface area contributed by atoms with Crippen molar-refractivity contribution < 1.29 is 14.4 Å². The average Bonchev–Trinajstić information content (AvgIpc) is 2.61. The van der Waals surface area contributed by atoms with Crippen molar-refractivity contribution in [3.05, 3.63) is 24.3 Å². The highest BCUT2D eigenvalue weighted by atomic mass is 35.5. The van der Waals surface area contributed by atoms with Crippen LogP contribution in [0.5, 0.6) is 0 Å². The third-order valence-electron chi connectivity index (χ3n) is 4.77. The second-order valence-corrected chi connectivity index (χ2v) is 6.69. The zero-order valence-electron chi connectivity index (χ0n) is 14.8. The van der Waals surface area contributed by atoms with Gasteiger partial charge in [0.05, 0.1) is 11.4 Å². The summed E-state index contributed by atoms with van der Waals surface area (Å²) in [5.41, 5.74) is 1.31. The van der Waals surface area contributed by atoms with Crippen LogP contribution < -0.4 is 20.9 Å². The fourth-order valence-electron chi connectivity index (χ4n) is 3.32. The van der Waals surface area contributed by atoms with Crippen molar-refractivity contribution in [2.45, 2.75) is 32.2 Å². The van der Waals surface area contributed by atoms with Crippen LogP contribution in [0.15, 0.2) is 24.3 Å². The summed E-state index contributed by atoms with van der Waals surface area (Å²) in [7, 11) is 0. The lowest BCUT2D eigenvalue weighted by molar-refractivity contribution is -0.126. The van der Waals surface area contributed by atoms with E-state index < -0.39 is 0 Å². The van der Waals surface area contributed by atoms with Crippen LogP contribution in [0, 0.1) is 5.92 Å². The molecule has 2 unspecified atom stereocenters. The number of hydrogen-bond donors (Lipinski definition) is 3. The van der Waals surface area contributed by atoms with Crippen LogP contribution in [0.25, 0.3) is 0 Å². The molecule has 7 nitrogen and oxygen atoms in total. The molecule has 2 aliphatic rings. The molecular formula is C18H25ClN4O3. The van der Waals surface area contributed by atoms with E-state index in [4.69, 9.17) is 0 Å². The van der Waals surface area contributed by atoms with Gasteiger partial charge in [-0.05, 0) is 37.6 Å². The van der Waals surface area contributed by atoms with Crippen molar-refractivity contribution in [1.82, 2.24) is 10.6 Å². The summed E-state index contributed by atoms with van der Waals surface area (Å²) in [6.45, 7) is 3.88. The molecule has 26 heavy (non-hydrogen) atoms. The summed E-state index contributed by atoms with van der Waals surface area (Å²) < 4.78 is 0. The van der Waals surface area contributed by atoms with Gasteiger partial charge in [0.2, 0.25) is 17.7 Å². The fourth-order valence-corrected chi connectivity index (χ4v) is 3.32. The number of carbonyl (C=O) groups is 3. The molecule has 0 bridgehead atoms. The first-order chi connectivity index (χ1) is 12.0. The summed E-state index contributed by atoms with van der Waals surface area (Å²) >= 11 is 0. The summed E-state index contributed by atoms with van der Waals surface area (Å²) in [6.07, 6.45) is 1.13. The van der Waals surface area contributed by atoms with Gasteiger partial charge >= 0.3 is 0 Å². The molecule has 1 aromatic carbocycles. The van der Waals surface area contributed by atoms with E-state index in [1.165, 1.54) is 4.90 Å². The standard InChI is InChI=1S/C18H24N4O3.ClH/c1-12-10-19-9-8-13(12)20-16(23)6-7-18(25)22-11-17(24)21-14-4-2-3-5-15(14)22;/h2-5,12-13,19H,6-11H2,1H3,(H,20,23)(H,21,24);1H. The maximum Gasteiger partial charge on any atom is 0.244 e. The molecule has 1 aromatic rings. The Morgan fingerprint density at radius 2 is 2.04 bits per heavy atom. The number of benzene rings is 1. The normalized spacial score (nSPS) is 21.9. The summed E-state index contributed by atoms with van der Waals surface area (Å²) in [6, 6.07) is 7.34. The van der Waals surface area contributed by atoms with Crippen LogP contribution in [0.1, 0.15) is 26.2 Å². The van der Waals surface area contributed by atoms with Gasteiger partial charge in [-0.3, -0.25) is 14.4 Å². The third kappa shape index (κ3) is 4.74. The largest absolute Gasteiger partial charge is 0.353 e. The number of nitrogens with zero attached hydrogens (tertiary/aromatic N) is 1. The maximum atomic E-state index is 12.5. The minimum Gasteiger partial charge on any atom is -0.353 e. The van der Waals surface area contributed by atoms with E-state index in [2.05, 4.69) is 22.9 Å². The van der Waals surface area contributed by atoms with Gasteiger partial charge < -0.3 is 20.9 Å². The Morgan fingerprint density at radius 1 is 1.27 bits per heavy atom. The molecule has 3 N–H and O–H groups in total. The molecular weight excluding hydrogens is 356 g/mol. The number of halogens is 1. The number of rotatable bonds is 4. The van der Waals surface area contributed by atoms with Gasteiger partial charge in [-0.15, -0.1) is 12.4 Å². The van der Waals surface area contributed by atoms with Crippen molar-refractivity contribution >= 4 is 41.5 Å². The molecule has 0 aromatic heterocycles. The molecule has 142 valence electrons. The van der Waals surface area contributed by atoms with Crippen LogP contribution in [0.4, 0.5) is 11.4 Å². The quantitative estimate of drug-likeness (QED) is 0.734. The van der Waals surface area contributed by atoms with Gasteiger partial charge in [-0.1, -0.05) is 19.1 Å². The van der Waals surface area contributed by atoms with E-state index in [0.29, 0.717) is 17.3 Å². The first-order valence-electron chi connectivity index (χ1n) is 8.74. The second-order valence-electron chi connectivity index (χ2n) is 6.69. The Hall–Kier alpha value is -2.12. The van der Waals surface area contributed by atoms with Gasteiger partial charge in [0.25, 0.3) is 0 Å². The first-order valence-corrected chi connectivity index (χ1v) is 8.74. The number of amides is 3. The molecule has 3 rings (SSSR count). The molecule has 0 aliphatic carbocycles. The molecule has 3 amide bonds. The van der Waals surface area contributed by atoms with E-state index in [-0.39, 0.29) is 55.6 Å². The zero-order valence-corrected chi connectivity index (χ0v) is 15.6. The Labute approximate surface area is 159 Å². The molecule has 2 heterocycles. The highest BCUT2D eigenvalue weighted by molar-refractivity contribution is 6.10. The van der Waals surface area contributed by atoms with E-state index in [9.17, 15) is 14.4 Å². The molecule has 2 atom stereocenters. The van der Waals surface area contributed by atoms with Crippen LogP contribution in [0.2, 0.25) is 0 Å². The Kier molecular flexibility index (Phi) is 6.99. The predicted molar refractivity (Wildman–Crippen MR) is 102 cm³/mol. The van der Waals surface area contributed by atoms with Crippen molar-refractivity contribution in [3.8, 4) is 0 Å². The van der Waals surface area contributed by atoms with Gasteiger partial charge in [-0.2, -0.15) is 0 Å². The van der Waals surface area contributed by atoms with Crippen molar-refractivity contribution in [1.29, 1.82) is 0 Å². The minimum absolute atomic E-state index is 0. The Morgan fingerprint density at radius 3 is 2.81 bits per heavy atom. The molecule has 2 aliphatic heterocycles. The number of carbonyl (C=O) groups excluding carboxylic acids is 3. The van der Waals surface area contributed by atoms with Gasteiger partial charge in [0.1, 0.15) is 6.54 Å². The van der Waals surface area contributed by atoms with Crippen molar-refractivity contribution in [3.63, 3.8) is 0 Å². The third-order valence-corrected chi connectivity index (χ3v) is 4.77. The highest BCUT2D eigenvalue weighted by Crippen LogP contribution is 2.29. The molecule has 1 saturated heterocycles. The summed E-state index contributed by atoms with van der Waals surface area (Å²) in [5.74, 6) is -0.163. The topological polar surface area (TPSA) is 90.5 Å². The van der Waals surface area contributed by atoms with Crippen LogP contribution in [0.3, 0.4) is 0 Å². The van der Waals surface area contributed by atoms with E-state index in [1.54, 1.807) is 18.2 Å². The van der Waals surface area contributed by atoms with Crippen molar-refractivity contribution in [2.75, 3.05) is 29.9 Å². The monoisotopic (exact) mass is 380 g/mol. The van der Waals surface area contributed by atoms with Crippen LogP contribution >= 0.6 is 12.4 Å². The smallest absolute Gasteiger partial charge is 0.244 e. The SMILES string of the molecule is CC1CNCCC1NC(=O)CCC(=O)N1CC(=O)Nc2ccccc21.Cl. The number of piperidine rings is 1. The lowest BCUT2D eigenvalue weighted by Crippen LogP contribution is -2.48. The number of para-hydroxylation sites is 2. The fraction of sp³-hybridized carbons (Fsp3) is 0.500. The molecule has 0 radical (unpaired) electrons. The minimum atomic E-state index is -0.222. The molecule has 0 spiro atoms. The van der Waals surface area contributed by atoms with Crippen molar-refractivity contribution in [2.24, 2.45) is 5.92 Å². The molecule has 0 saturated carbocycles. The van der Waals surface area contributed by atoms with E-state index in [1.807, 2.05) is 6.07 Å². The second kappa shape index (κ2) is 9.00. The predicted octanol–water partition coefficient (Wildman–Crippen LogP) is 1.29. The molecule has 8 heteroatoms. The lowest BCUT2D eigenvalue weighted by atomic mass is 9.95. The lowest BCUT2D eigenvalue weighted by Gasteiger charge is -2.31. The van der Waals surface area contributed by atoms with E-state index in [0.717, 1.165) is 19.5 Å². The van der Waals surface area contributed by atoms with Crippen LogP contribution in [-0.2, 0) is 14.4 Å². The number of nitrogens with one attached hydrogen (secondary N) is 3. The van der Waals surface area contributed by atoms with E-state index >= 15 is 0 Å². The highest BCUT2D eigenvalue weighted by Gasteiger charge is 2.27. The van der Waals surface area contributed by atoms with Gasteiger partial charge in [0.15, 0.2) is 0 Å². The van der Waals surface area contributed by atoms with Gasteiger partial charge in [-0.25, -0.2) is 0 Å². The number of fused-ring (bicyclic) bond motifs is 1. The first kappa shape index (κ1) is 20.2. The maximum absolute atomic E-state index is 12.5. The average molecular weight is 381 g/mol. The van der Waals surface area contributed by atoms with Crippen LogP contribution in [-0.4, -0.2) is 43.4 Å². The number of hydrogen-bond acceptors (Lipinski definition) is 4. The Bertz CT molecular complexity index is 682.